The topological polar surface area (TPSA) is 60.7 Å². The van der Waals surface area contributed by atoms with Crippen LogP contribution < -0.4 is 5.32 Å². The van der Waals surface area contributed by atoms with E-state index in [1.807, 2.05) is 19.1 Å². The summed E-state index contributed by atoms with van der Waals surface area (Å²) >= 11 is 0. The summed E-state index contributed by atoms with van der Waals surface area (Å²) in [6, 6.07) is 4.03. The molecule has 0 unspecified atom stereocenters. The van der Waals surface area contributed by atoms with E-state index in [1.54, 1.807) is 18.0 Å². The average Bonchev–Trinajstić information content (AvgIpc) is 2.81. The number of hydrogen-bond donors (Lipinski definition) is 1. The van der Waals surface area contributed by atoms with Crippen LogP contribution in [0.5, 0.6) is 0 Å². The summed E-state index contributed by atoms with van der Waals surface area (Å²) in [7, 11) is 1.66. The van der Waals surface area contributed by atoms with Crippen LogP contribution in [0.4, 0.5) is 5.82 Å². The van der Waals surface area contributed by atoms with E-state index in [9.17, 15) is 0 Å². The Morgan fingerprint density at radius 1 is 1.28 bits per heavy atom. The summed E-state index contributed by atoms with van der Waals surface area (Å²) in [5.41, 5.74) is 2.00. The highest BCUT2D eigenvalue weighted by Crippen LogP contribution is 2.12. The molecule has 0 fully saturated rings. The first-order chi connectivity index (χ1) is 8.81. The lowest BCUT2D eigenvalue weighted by atomic mass is 10.3. The number of anilines is 1. The van der Waals surface area contributed by atoms with E-state index in [0.717, 1.165) is 23.6 Å². The predicted octanol–water partition coefficient (Wildman–Crippen LogP) is 1.11. The zero-order chi connectivity index (χ0) is 12.8. The van der Waals surface area contributed by atoms with Crippen LogP contribution in [0.25, 0.3) is 5.65 Å². The molecule has 2 rings (SSSR count). The van der Waals surface area contributed by atoms with Gasteiger partial charge in [0.05, 0.1) is 19.8 Å². The fourth-order valence-corrected chi connectivity index (χ4v) is 1.68. The summed E-state index contributed by atoms with van der Waals surface area (Å²) < 4.78 is 12.1. The molecular weight excluding hydrogens is 232 g/mol. The zero-order valence-electron chi connectivity index (χ0n) is 10.7. The first-order valence-electron chi connectivity index (χ1n) is 5.92. The minimum atomic E-state index is 0.616. The molecule has 0 aliphatic carbocycles. The molecule has 2 heterocycles. The maximum absolute atomic E-state index is 5.39. The van der Waals surface area contributed by atoms with Crippen LogP contribution >= 0.6 is 0 Å². The Labute approximate surface area is 106 Å². The van der Waals surface area contributed by atoms with Gasteiger partial charge < -0.3 is 14.8 Å². The molecule has 0 atom stereocenters. The molecule has 18 heavy (non-hydrogen) atoms. The SMILES string of the molecule is COCCOCCNc1cc(C)cc2ncnn12. The lowest BCUT2D eigenvalue weighted by Crippen LogP contribution is -2.14. The van der Waals surface area contributed by atoms with Gasteiger partial charge in [0.25, 0.3) is 0 Å². The Bertz CT molecular complexity index is 498. The Balaban J connectivity index is 1.89. The second kappa shape index (κ2) is 6.32. The molecule has 0 saturated heterocycles. The molecule has 0 aliphatic heterocycles. The highest BCUT2D eigenvalue weighted by atomic mass is 16.5. The second-order valence-corrected chi connectivity index (χ2v) is 3.98. The van der Waals surface area contributed by atoms with Gasteiger partial charge in [0.15, 0.2) is 5.65 Å². The first-order valence-corrected chi connectivity index (χ1v) is 5.92. The highest BCUT2D eigenvalue weighted by Gasteiger charge is 2.03. The molecular formula is C12H18N4O2. The molecule has 2 aromatic rings. The summed E-state index contributed by atoms with van der Waals surface area (Å²) in [5, 5.41) is 7.46. The van der Waals surface area contributed by atoms with Crippen LogP contribution in [0.15, 0.2) is 18.5 Å². The third-order valence-corrected chi connectivity index (χ3v) is 2.51. The fraction of sp³-hybridized carbons (Fsp3) is 0.500. The predicted molar refractivity (Wildman–Crippen MR) is 68.9 cm³/mol. The summed E-state index contributed by atoms with van der Waals surface area (Å²) in [6.07, 6.45) is 1.55. The summed E-state index contributed by atoms with van der Waals surface area (Å²) in [6.45, 7) is 4.63. The zero-order valence-corrected chi connectivity index (χ0v) is 10.7. The molecule has 0 radical (unpaired) electrons. The van der Waals surface area contributed by atoms with Gasteiger partial charge in [-0.15, -0.1) is 0 Å². The van der Waals surface area contributed by atoms with Crippen molar-refractivity contribution in [3.8, 4) is 0 Å². The third-order valence-electron chi connectivity index (χ3n) is 2.51. The normalized spacial score (nSPS) is 11.0. The Morgan fingerprint density at radius 2 is 2.17 bits per heavy atom. The summed E-state index contributed by atoms with van der Waals surface area (Å²) in [5.74, 6) is 0.929. The van der Waals surface area contributed by atoms with Crippen molar-refractivity contribution in [2.24, 2.45) is 0 Å². The molecule has 6 heteroatoms. The quantitative estimate of drug-likeness (QED) is 0.746. The second-order valence-electron chi connectivity index (χ2n) is 3.98. The third kappa shape index (κ3) is 3.18. The van der Waals surface area contributed by atoms with Crippen LogP contribution in [0.2, 0.25) is 0 Å². The number of methoxy groups -OCH3 is 1. The number of fused-ring (bicyclic) bond motifs is 1. The molecule has 0 aliphatic rings. The lowest BCUT2D eigenvalue weighted by molar-refractivity contribution is 0.0759. The largest absolute Gasteiger partial charge is 0.382 e. The van der Waals surface area contributed by atoms with Crippen molar-refractivity contribution in [3.05, 3.63) is 24.0 Å². The number of nitrogens with one attached hydrogen (secondary N) is 1. The van der Waals surface area contributed by atoms with Gasteiger partial charge in [0.2, 0.25) is 0 Å². The Morgan fingerprint density at radius 3 is 3.00 bits per heavy atom. The van der Waals surface area contributed by atoms with E-state index in [-0.39, 0.29) is 0 Å². The van der Waals surface area contributed by atoms with Gasteiger partial charge in [-0.25, -0.2) is 4.98 Å². The maximum atomic E-state index is 5.39. The summed E-state index contributed by atoms with van der Waals surface area (Å²) in [4.78, 5) is 4.17. The fourth-order valence-electron chi connectivity index (χ4n) is 1.68. The van der Waals surface area contributed by atoms with E-state index in [2.05, 4.69) is 15.4 Å². The Kier molecular flexibility index (Phi) is 4.49. The van der Waals surface area contributed by atoms with E-state index in [4.69, 9.17) is 9.47 Å². The van der Waals surface area contributed by atoms with Crippen LogP contribution in [0.3, 0.4) is 0 Å². The van der Waals surface area contributed by atoms with Crippen LogP contribution in [-0.4, -0.2) is 48.1 Å². The lowest BCUT2D eigenvalue weighted by Gasteiger charge is -2.09. The molecule has 6 nitrogen and oxygen atoms in total. The van der Waals surface area contributed by atoms with Gasteiger partial charge in [-0.1, -0.05) is 0 Å². The van der Waals surface area contributed by atoms with Gasteiger partial charge >= 0.3 is 0 Å². The van der Waals surface area contributed by atoms with Gasteiger partial charge in [0.1, 0.15) is 12.1 Å². The number of hydrogen-bond acceptors (Lipinski definition) is 5. The molecule has 0 saturated carbocycles. The van der Waals surface area contributed by atoms with E-state index >= 15 is 0 Å². The molecule has 2 aromatic heterocycles. The highest BCUT2D eigenvalue weighted by molar-refractivity contribution is 5.51. The van der Waals surface area contributed by atoms with Gasteiger partial charge in [-0.3, -0.25) is 0 Å². The van der Waals surface area contributed by atoms with Gasteiger partial charge in [-0.2, -0.15) is 9.61 Å². The van der Waals surface area contributed by atoms with Gasteiger partial charge in [-0.05, 0) is 24.6 Å². The average molecular weight is 250 g/mol. The molecule has 0 bridgehead atoms. The molecule has 98 valence electrons. The maximum Gasteiger partial charge on any atom is 0.157 e. The van der Waals surface area contributed by atoms with Crippen molar-refractivity contribution >= 4 is 11.5 Å². The number of ether oxygens (including phenoxy) is 2. The van der Waals surface area contributed by atoms with Crippen molar-refractivity contribution in [1.82, 2.24) is 14.6 Å². The number of aryl methyl sites for hydroxylation is 1. The van der Waals surface area contributed by atoms with Crippen LogP contribution in [0.1, 0.15) is 5.56 Å². The van der Waals surface area contributed by atoms with E-state index in [1.165, 1.54) is 0 Å². The van der Waals surface area contributed by atoms with E-state index < -0.39 is 0 Å². The smallest absolute Gasteiger partial charge is 0.157 e. The van der Waals surface area contributed by atoms with Crippen LogP contribution in [0, 0.1) is 6.92 Å². The van der Waals surface area contributed by atoms with Gasteiger partial charge in [0, 0.05) is 13.7 Å². The van der Waals surface area contributed by atoms with Crippen molar-refractivity contribution in [3.63, 3.8) is 0 Å². The van der Waals surface area contributed by atoms with Crippen molar-refractivity contribution in [1.29, 1.82) is 0 Å². The van der Waals surface area contributed by atoms with Crippen molar-refractivity contribution in [2.45, 2.75) is 6.92 Å². The number of pyridine rings is 1. The number of nitrogens with zero attached hydrogens (tertiary/aromatic N) is 3. The molecule has 0 aromatic carbocycles. The van der Waals surface area contributed by atoms with E-state index in [0.29, 0.717) is 19.8 Å². The monoisotopic (exact) mass is 250 g/mol. The standard InChI is InChI=1S/C12H18N4O2/c1-10-7-11(13-3-4-18-6-5-17-2)16-12(8-10)14-9-15-16/h7-9,13H,3-6H2,1-2H3. The minimum absolute atomic E-state index is 0.616. The van der Waals surface area contributed by atoms with Crippen molar-refractivity contribution in [2.75, 3.05) is 38.8 Å². The number of rotatable bonds is 7. The molecule has 0 amide bonds. The van der Waals surface area contributed by atoms with Crippen LogP contribution in [-0.2, 0) is 9.47 Å². The molecule has 0 spiro atoms. The first kappa shape index (κ1) is 12.8. The van der Waals surface area contributed by atoms with Crippen molar-refractivity contribution < 1.29 is 9.47 Å². The molecule has 1 N–H and O–H groups in total. The Hall–Kier alpha value is -1.66. The minimum Gasteiger partial charge on any atom is -0.382 e. The number of aromatic nitrogens is 3.